The van der Waals surface area contributed by atoms with E-state index >= 15 is 0 Å². The highest BCUT2D eigenvalue weighted by Crippen LogP contribution is 2.02. The van der Waals surface area contributed by atoms with Crippen molar-refractivity contribution in [1.82, 2.24) is 15.1 Å². The maximum Gasteiger partial charge on any atom is 0.317 e. The van der Waals surface area contributed by atoms with Gasteiger partial charge in [0.05, 0.1) is 0 Å². The van der Waals surface area contributed by atoms with Crippen LogP contribution in [0.2, 0.25) is 0 Å². The van der Waals surface area contributed by atoms with Crippen LogP contribution in [-0.2, 0) is 0 Å². The van der Waals surface area contributed by atoms with Gasteiger partial charge in [0.1, 0.15) is 0 Å². The summed E-state index contributed by atoms with van der Waals surface area (Å²) in [6.45, 7) is 7.43. The molecule has 1 rings (SSSR count). The van der Waals surface area contributed by atoms with Gasteiger partial charge in [0.15, 0.2) is 0 Å². The second kappa shape index (κ2) is 6.95. The number of piperazine rings is 1. The Kier molecular flexibility index (Phi) is 5.86. The van der Waals surface area contributed by atoms with Gasteiger partial charge in [-0.15, -0.1) is 0 Å². The number of amides is 2. The molecule has 4 nitrogen and oxygen atoms in total. The van der Waals surface area contributed by atoms with Crippen LogP contribution in [0.5, 0.6) is 0 Å². The van der Waals surface area contributed by atoms with E-state index in [9.17, 15) is 4.79 Å². The van der Waals surface area contributed by atoms with E-state index in [1.165, 1.54) is 0 Å². The molecule has 1 saturated heterocycles. The maximum absolute atomic E-state index is 11.5. The van der Waals surface area contributed by atoms with Crippen molar-refractivity contribution in [2.75, 3.05) is 45.0 Å². The van der Waals surface area contributed by atoms with Gasteiger partial charge in [0.2, 0.25) is 0 Å². The van der Waals surface area contributed by atoms with Gasteiger partial charge in [-0.25, -0.2) is 4.79 Å². The minimum atomic E-state index is 0.0753. The molecule has 1 aliphatic heterocycles. The van der Waals surface area contributed by atoms with Crippen LogP contribution in [-0.4, -0.2) is 60.9 Å². The van der Waals surface area contributed by atoms with Crippen LogP contribution in [0.4, 0.5) is 4.79 Å². The van der Waals surface area contributed by atoms with Crippen molar-refractivity contribution in [2.24, 2.45) is 0 Å². The van der Waals surface area contributed by atoms with Crippen molar-refractivity contribution in [3.05, 3.63) is 0 Å². The van der Waals surface area contributed by atoms with Crippen LogP contribution in [0.3, 0.4) is 0 Å². The van der Waals surface area contributed by atoms with Gasteiger partial charge in [-0.2, -0.15) is 12.6 Å². The van der Waals surface area contributed by atoms with E-state index in [1.807, 2.05) is 11.8 Å². The highest BCUT2D eigenvalue weighted by atomic mass is 32.1. The average Bonchev–Trinajstić information content (AvgIpc) is 2.27. The van der Waals surface area contributed by atoms with E-state index in [1.54, 1.807) is 0 Å². The Bertz CT molecular complexity index is 193. The first kappa shape index (κ1) is 12.6. The summed E-state index contributed by atoms with van der Waals surface area (Å²) in [7, 11) is 0. The fourth-order valence-electron chi connectivity index (χ4n) is 1.73. The van der Waals surface area contributed by atoms with Crippen molar-refractivity contribution >= 4 is 18.7 Å². The van der Waals surface area contributed by atoms with Crippen LogP contribution < -0.4 is 5.32 Å². The summed E-state index contributed by atoms with van der Waals surface area (Å²) in [6, 6.07) is 0.0753. The molecule has 0 atom stereocenters. The standard InChI is InChI=1S/C10H21N3OS/c1-2-11-10(14)13-7-5-12(6-8-13)4-3-9-15/h15H,2-9H2,1H3,(H,11,14). The predicted octanol–water partition coefficient (Wildman–Crippen LogP) is 0.653. The molecular weight excluding hydrogens is 210 g/mol. The fourth-order valence-corrected chi connectivity index (χ4v) is 1.87. The molecule has 1 aliphatic rings. The lowest BCUT2D eigenvalue weighted by atomic mass is 10.3. The van der Waals surface area contributed by atoms with Crippen LogP contribution in [0.1, 0.15) is 13.3 Å². The second-order valence-electron chi connectivity index (χ2n) is 3.74. The number of thiol groups is 1. The summed E-state index contributed by atoms with van der Waals surface area (Å²) in [5, 5.41) is 2.83. The predicted molar refractivity (Wildman–Crippen MR) is 65.6 cm³/mol. The summed E-state index contributed by atoms with van der Waals surface area (Å²) in [5.41, 5.74) is 0. The Morgan fingerprint density at radius 1 is 1.33 bits per heavy atom. The van der Waals surface area contributed by atoms with Crippen molar-refractivity contribution in [2.45, 2.75) is 13.3 Å². The summed E-state index contributed by atoms with van der Waals surface area (Å²) < 4.78 is 0. The van der Waals surface area contributed by atoms with E-state index in [-0.39, 0.29) is 6.03 Å². The quantitative estimate of drug-likeness (QED) is 0.697. The zero-order chi connectivity index (χ0) is 11.1. The minimum absolute atomic E-state index is 0.0753. The number of hydrogen-bond acceptors (Lipinski definition) is 3. The molecule has 0 radical (unpaired) electrons. The second-order valence-corrected chi connectivity index (χ2v) is 4.19. The van der Waals surface area contributed by atoms with Crippen molar-refractivity contribution in [1.29, 1.82) is 0 Å². The smallest absolute Gasteiger partial charge is 0.317 e. The third-order valence-corrected chi connectivity index (χ3v) is 2.94. The third-order valence-electron chi connectivity index (χ3n) is 2.62. The van der Waals surface area contributed by atoms with Crippen molar-refractivity contribution < 1.29 is 4.79 Å². The van der Waals surface area contributed by atoms with Gasteiger partial charge in [0.25, 0.3) is 0 Å². The van der Waals surface area contributed by atoms with E-state index < -0.39 is 0 Å². The fraction of sp³-hybridized carbons (Fsp3) is 0.900. The largest absolute Gasteiger partial charge is 0.338 e. The molecule has 0 aromatic rings. The molecule has 1 N–H and O–H groups in total. The topological polar surface area (TPSA) is 35.6 Å². The Hall–Kier alpha value is -0.420. The maximum atomic E-state index is 11.5. The number of urea groups is 1. The first-order chi connectivity index (χ1) is 7.27. The Labute approximate surface area is 97.4 Å². The summed E-state index contributed by atoms with van der Waals surface area (Å²) >= 11 is 4.20. The van der Waals surface area contributed by atoms with Crippen molar-refractivity contribution in [3.8, 4) is 0 Å². The highest BCUT2D eigenvalue weighted by molar-refractivity contribution is 7.80. The molecule has 0 saturated carbocycles. The number of nitrogens with one attached hydrogen (secondary N) is 1. The Balaban J connectivity index is 2.20. The van der Waals surface area contributed by atoms with Crippen LogP contribution in [0.15, 0.2) is 0 Å². The number of carbonyl (C=O) groups is 1. The molecule has 0 aromatic carbocycles. The van der Waals surface area contributed by atoms with Gasteiger partial charge >= 0.3 is 6.03 Å². The van der Waals surface area contributed by atoms with E-state index in [0.29, 0.717) is 6.54 Å². The highest BCUT2D eigenvalue weighted by Gasteiger charge is 2.19. The molecule has 1 fully saturated rings. The number of rotatable bonds is 4. The lowest BCUT2D eigenvalue weighted by Crippen LogP contribution is -2.51. The average molecular weight is 231 g/mol. The zero-order valence-corrected chi connectivity index (χ0v) is 10.3. The van der Waals surface area contributed by atoms with Crippen LogP contribution >= 0.6 is 12.6 Å². The summed E-state index contributed by atoms with van der Waals surface area (Å²) in [4.78, 5) is 15.8. The van der Waals surface area contributed by atoms with Gasteiger partial charge in [0, 0.05) is 32.7 Å². The number of carbonyl (C=O) groups excluding carboxylic acids is 1. The normalized spacial score (nSPS) is 17.9. The van der Waals surface area contributed by atoms with Crippen LogP contribution in [0.25, 0.3) is 0 Å². The molecule has 0 unspecified atom stereocenters. The molecule has 88 valence electrons. The van der Waals surface area contributed by atoms with E-state index in [2.05, 4.69) is 22.8 Å². The summed E-state index contributed by atoms with van der Waals surface area (Å²) in [5.74, 6) is 0.941. The lowest BCUT2D eigenvalue weighted by Gasteiger charge is -2.34. The molecule has 5 heteroatoms. The van der Waals surface area contributed by atoms with E-state index in [4.69, 9.17) is 0 Å². The zero-order valence-electron chi connectivity index (χ0n) is 9.41. The minimum Gasteiger partial charge on any atom is -0.338 e. The molecule has 15 heavy (non-hydrogen) atoms. The van der Waals surface area contributed by atoms with E-state index in [0.717, 1.165) is 44.9 Å². The molecule has 0 aliphatic carbocycles. The lowest BCUT2D eigenvalue weighted by molar-refractivity contribution is 0.140. The van der Waals surface area contributed by atoms with Crippen LogP contribution in [0, 0.1) is 0 Å². The van der Waals surface area contributed by atoms with Gasteiger partial charge in [-0.3, -0.25) is 4.90 Å². The SMILES string of the molecule is CCNC(=O)N1CCN(CCCS)CC1. The number of nitrogens with zero attached hydrogens (tertiary/aromatic N) is 2. The first-order valence-corrected chi connectivity index (χ1v) is 6.27. The van der Waals surface area contributed by atoms with Gasteiger partial charge in [-0.1, -0.05) is 0 Å². The third kappa shape index (κ3) is 4.30. The number of hydrogen-bond donors (Lipinski definition) is 2. The summed E-state index contributed by atoms with van der Waals surface area (Å²) in [6.07, 6.45) is 1.13. The molecule has 1 heterocycles. The monoisotopic (exact) mass is 231 g/mol. The molecule has 0 spiro atoms. The molecule has 0 aromatic heterocycles. The Morgan fingerprint density at radius 2 is 2.00 bits per heavy atom. The molecular formula is C10H21N3OS. The molecule has 0 bridgehead atoms. The van der Waals surface area contributed by atoms with Gasteiger partial charge < -0.3 is 10.2 Å². The molecule has 2 amide bonds. The first-order valence-electron chi connectivity index (χ1n) is 5.64. The Morgan fingerprint density at radius 3 is 2.53 bits per heavy atom. The van der Waals surface area contributed by atoms with Crippen molar-refractivity contribution in [3.63, 3.8) is 0 Å². The van der Waals surface area contributed by atoms with Gasteiger partial charge in [-0.05, 0) is 25.6 Å².